The zero-order chi connectivity index (χ0) is 22.1. The largest absolute Gasteiger partial charge is 0.484 e. The van der Waals surface area contributed by atoms with Gasteiger partial charge in [0.2, 0.25) is 5.91 Å². The number of pyridine rings is 1. The Bertz CT molecular complexity index is 982. The number of halogens is 1. The van der Waals surface area contributed by atoms with Gasteiger partial charge >= 0.3 is 0 Å². The van der Waals surface area contributed by atoms with Gasteiger partial charge in [-0.1, -0.05) is 41.9 Å². The Morgan fingerprint density at radius 3 is 2.35 bits per heavy atom. The van der Waals surface area contributed by atoms with E-state index in [0.29, 0.717) is 17.3 Å². The van der Waals surface area contributed by atoms with E-state index in [4.69, 9.17) is 16.3 Å². The fourth-order valence-electron chi connectivity index (χ4n) is 2.95. The number of carbonyl (C=O) groups is 2. The van der Waals surface area contributed by atoms with E-state index < -0.39 is 6.04 Å². The monoisotopic (exact) mass is 437 g/mol. The maximum absolute atomic E-state index is 13.0. The van der Waals surface area contributed by atoms with Crippen molar-refractivity contribution >= 4 is 23.4 Å². The Morgan fingerprint density at radius 1 is 1.00 bits per heavy atom. The first-order valence-electron chi connectivity index (χ1n) is 9.91. The van der Waals surface area contributed by atoms with E-state index in [1.54, 1.807) is 43.6 Å². The third-order valence-electron chi connectivity index (χ3n) is 4.76. The molecule has 31 heavy (non-hydrogen) atoms. The summed E-state index contributed by atoms with van der Waals surface area (Å²) in [4.78, 5) is 31.3. The van der Waals surface area contributed by atoms with Crippen molar-refractivity contribution in [1.29, 1.82) is 0 Å². The average Bonchev–Trinajstić information content (AvgIpc) is 2.81. The number of benzene rings is 2. The molecule has 0 saturated heterocycles. The maximum atomic E-state index is 13.0. The summed E-state index contributed by atoms with van der Waals surface area (Å²) in [5.41, 5.74) is 1.80. The van der Waals surface area contributed by atoms with E-state index in [2.05, 4.69) is 10.3 Å². The number of ether oxygens (including phenoxy) is 1. The van der Waals surface area contributed by atoms with Gasteiger partial charge < -0.3 is 15.0 Å². The van der Waals surface area contributed by atoms with Gasteiger partial charge in [-0.15, -0.1) is 0 Å². The molecule has 0 spiro atoms. The zero-order valence-corrected chi connectivity index (χ0v) is 18.0. The molecule has 0 radical (unpaired) electrons. The minimum atomic E-state index is -0.690. The van der Waals surface area contributed by atoms with Gasteiger partial charge in [0, 0.05) is 30.5 Å². The molecule has 3 aromatic rings. The second kappa shape index (κ2) is 11.1. The molecular formula is C24H24ClN3O3. The van der Waals surface area contributed by atoms with Crippen LogP contribution in [0.15, 0.2) is 79.1 Å². The molecule has 0 aliphatic rings. The number of amides is 2. The fraction of sp³-hybridized carbons (Fsp3) is 0.208. The number of aromatic nitrogens is 1. The molecule has 2 amide bonds. The second-order valence-corrected chi connectivity index (χ2v) is 7.44. The molecule has 1 atom stereocenters. The van der Waals surface area contributed by atoms with Crippen molar-refractivity contribution in [2.45, 2.75) is 26.1 Å². The van der Waals surface area contributed by atoms with Gasteiger partial charge in [0.05, 0.1) is 0 Å². The molecule has 0 aliphatic carbocycles. The van der Waals surface area contributed by atoms with E-state index in [9.17, 15) is 9.59 Å². The summed E-state index contributed by atoms with van der Waals surface area (Å²) in [6, 6.07) is 19.3. The summed E-state index contributed by atoms with van der Waals surface area (Å²) in [5.74, 6) is 0.0567. The molecule has 7 heteroatoms. The summed E-state index contributed by atoms with van der Waals surface area (Å²) in [7, 11) is 0. The van der Waals surface area contributed by atoms with Crippen LogP contribution in [-0.4, -0.2) is 34.3 Å². The van der Waals surface area contributed by atoms with E-state index in [1.807, 2.05) is 42.5 Å². The topological polar surface area (TPSA) is 71.5 Å². The number of nitrogens with zero attached hydrogens (tertiary/aromatic N) is 2. The van der Waals surface area contributed by atoms with Gasteiger partial charge in [0.1, 0.15) is 11.8 Å². The predicted octanol–water partition coefficient (Wildman–Crippen LogP) is 3.85. The van der Waals surface area contributed by atoms with Crippen LogP contribution in [0.4, 0.5) is 0 Å². The van der Waals surface area contributed by atoms with Crippen LogP contribution in [0.1, 0.15) is 18.1 Å². The predicted molar refractivity (Wildman–Crippen MR) is 119 cm³/mol. The number of hydrogen-bond donors (Lipinski definition) is 1. The third-order valence-corrected chi connectivity index (χ3v) is 5.01. The highest BCUT2D eigenvalue weighted by Crippen LogP contribution is 2.15. The minimum absolute atomic E-state index is 0.167. The number of nitrogens with one attached hydrogen (secondary N) is 1. The lowest BCUT2D eigenvalue weighted by molar-refractivity contribution is -0.142. The molecule has 2 aromatic carbocycles. The molecule has 0 fully saturated rings. The molecular weight excluding hydrogens is 414 g/mol. The van der Waals surface area contributed by atoms with E-state index in [1.165, 1.54) is 4.90 Å². The highest BCUT2D eigenvalue weighted by atomic mass is 35.5. The Kier molecular flexibility index (Phi) is 8.01. The first kappa shape index (κ1) is 22.3. The molecule has 0 aliphatic heterocycles. The van der Waals surface area contributed by atoms with Gasteiger partial charge in [-0.3, -0.25) is 14.6 Å². The lowest BCUT2D eigenvalue weighted by Crippen LogP contribution is -2.48. The van der Waals surface area contributed by atoms with Crippen LogP contribution in [0.5, 0.6) is 5.75 Å². The van der Waals surface area contributed by atoms with Crippen LogP contribution in [0, 0.1) is 0 Å². The number of hydrogen-bond acceptors (Lipinski definition) is 4. The zero-order valence-electron chi connectivity index (χ0n) is 17.2. The maximum Gasteiger partial charge on any atom is 0.261 e. The van der Waals surface area contributed by atoms with Crippen LogP contribution in [0.3, 0.4) is 0 Å². The Labute approximate surface area is 186 Å². The summed E-state index contributed by atoms with van der Waals surface area (Å²) < 4.78 is 5.61. The standard InChI is InChI=1S/C24H24ClN3O3/c1-18(24(30)27-15-19-11-13-26-14-12-19)28(16-20-7-9-21(25)10-8-20)23(29)17-31-22-5-3-2-4-6-22/h2-14,18H,15-17H2,1H3,(H,27,30). The molecule has 3 rings (SSSR count). The van der Waals surface area contributed by atoms with Crippen molar-refractivity contribution in [3.63, 3.8) is 0 Å². The average molecular weight is 438 g/mol. The van der Waals surface area contributed by atoms with Crippen LogP contribution in [0.2, 0.25) is 5.02 Å². The van der Waals surface area contributed by atoms with Gasteiger partial charge in [0.15, 0.2) is 6.61 Å². The fourth-order valence-corrected chi connectivity index (χ4v) is 3.08. The molecule has 1 aromatic heterocycles. The molecule has 0 bridgehead atoms. The molecule has 1 heterocycles. The third kappa shape index (κ3) is 6.83. The van der Waals surface area contributed by atoms with Crippen LogP contribution in [-0.2, 0) is 22.7 Å². The van der Waals surface area contributed by atoms with Crippen molar-refractivity contribution in [2.24, 2.45) is 0 Å². The molecule has 6 nitrogen and oxygen atoms in total. The van der Waals surface area contributed by atoms with E-state index in [-0.39, 0.29) is 25.0 Å². The highest BCUT2D eigenvalue weighted by Gasteiger charge is 2.26. The molecule has 0 saturated carbocycles. The van der Waals surface area contributed by atoms with Gasteiger partial charge in [0.25, 0.3) is 5.91 Å². The van der Waals surface area contributed by atoms with Crippen LogP contribution >= 0.6 is 11.6 Å². The van der Waals surface area contributed by atoms with E-state index >= 15 is 0 Å². The second-order valence-electron chi connectivity index (χ2n) is 7.00. The Balaban J connectivity index is 1.69. The number of carbonyl (C=O) groups excluding carboxylic acids is 2. The Morgan fingerprint density at radius 2 is 1.68 bits per heavy atom. The van der Waals surface area contributed by atoms with E-state index in [0.717, 1.165) is 11.1 Å². The van der Waals surface area contributed by atoms with Gasteiger partial charge in [-0.2, -0.15) is 0 Å². The SMILES string of the molecule is CC(C(=O)NCc1ccncc1)N(Cc1ccc(Cl)cc1)C(=O)COc1ccccc1. The summed E-state index contributed by atoms with van der Waals surface area (Å²) in [6.07, 6.45) is 3.34. The van der Waals surface area contributed by atoms with Crippen LogP contribution in [0.25, 0.3) is 0 Å². The van der Waals surface area contributed by atoms with Crippen molar-refractivity contribution < 1.29 is 14.3 Å². The highest BCUT2D eigenvalue weighted by molar-refractivity contribution is 6.30. The summed E-state index contributed by atoms with van der Waals surface area (Å²) >= 11 is 5.97. The van der Waals surface area contributed by atoms with Crippen molar-refractivity contribution in [3.8, 4) is 5.75 Å². The first-order valence-corrected chi connectivity index (χ1v) is 10.3. The summed E-state index contributed by atoms with van der Waals surface area (Å²) in [6.45, 7) is 2.16. The number of para-hydroxylation sites is 1. The summed E-state index contributed by atoms with van der Waals surface area (Å²) in [5, 5.41) is 3.49. The van der Waals surface area contributed by atoms with Gasteiger partial charge in [-0.25, -0.2) is 0 Å². The smallest absolute Gasteiger partial charge is 0.261 e. The minimum Gasteiger partial charge on any atom is -0.484 e. The van der Waals surface area contributed by atoms with Crippen molar-refractivity contribution in [1.82, 2.24) is 15.2 Å². The quantitative estimate of drug-likeness (QED) is 0.552. The Hall–Kier alpha value is -3.38. The lowest BCUT2D eigenvalue weighted by atomic mass is 10.1. The van der Waals surface area contributed by atoms with Crippen LogP contribution < -0.4 is 10.1 Å². The van der Waals surface area contributed by atoms with Crippen molar-refractivity contribution in [2.75, 3.05) is 6.61 Å². The van der Waals surface area contributed by atoms with Crippen molar-refractivity contribution in [3.05, 3.63) is 95.3 Å². The first-order chi connectivity index (χ1) is 15.0. The molecule has 160 valence electrons. The van der Waals surface area contributed by atoms with Gasteiger partial charge in [-0.05, 0) is 54.4 Å². The normalized spacial score (nSPS) is 11.4. The molecule has 1 N–H and O–H groups in total. The lowest BCUT2D eigenvalue weighted by Gasteiger charge is -2.28. The molecule has 1 unspecified atom stereocenters. The number of rotatable bonds is 9.